The fourth-order valence-electron chi connectivity index (χ4n) is 1.44. The molecule has 0 saturated carbocycles. The van der Waals surface area contributed by atoms with E-state index in [-0.39, 0.29) is 24.3 Å². The molecule has 2 amide bonds. The van der Waals surface area contributed by atoms with E-state index < -0.39 is 0 Å². The Morgan fingerprint density at radius 2 is 2.29 bits per heavy atom. The lowest BCUT2D eigenvalue weighted by Gasteiger charge is -2.14. The summed E-state index contributed by atoms with van der Waals surface area (Å²) in [6, 6.07) is -0.343. The average molecular weight is 200 g/mol. The minimum atomic E-state index is -0.343. The van der Waals surface area contributed by atoms with Crippen LogP contribution in [-0.2, 0) is 14.3 Å². The van der Waals surface area contributed by atoms with Crippen LogP contribution in [-0.4, -0.2) is 49.6 Å². The highest BCUT2D eigenvalue weighted by Gasteiger charge is 2.36. The second-order valence-corrected chi connectivity index (χ2v) is 3.13. The fraction of sp³-hybridized carbons (Fsp3) is 0.778. The molecule has 0 radical (unpaired) electrons. The molecule has 5 nitrogen and oxygen atoms in total. The van der Waals surface area contributed by atoms with Gasteiger partial charge >= 0.3 is 0 Å². The monoisotopic (exact) mass is 200 g/mol. The third kappa shape index (κ3) is 2.30. The largest absolute Gasteiger partial charge is 0.380 e. The Kier molecular flexibility index (Phi) is 4.03. The molecule has 1 atom stereocenters. The van der Waals surface area contributed by atoms with Gasteiger partial charge in [-0.15, -0.1) is 0 Å². The molecule has 0 bridgehead atoms. The molecule has 5 heteroatoms. The van der Waals surface area contributed by atoms with Gasteiger partial charge in [0, 0.05) is 6.61 Å². The van der Waals surface area contributed by atoms with E-state index >= 15 is 0 Å². The molecule has 80 valence electrons. The van der Waals surface area contributed by atoms with Crippen molar-refractivity contribution in [2.75, 3.05) is 26.8 Å². The molecule has 0 spiro atoms. The number of amides is 2. The molecule has 1 heterocycles. The maximum absolute atomic E-state index is 11.5. The number of likely N-dealkylation sites (tertiary alicyclic amines) is 1. The predicted octanol–water partition coefficient (Wildman–Crippen LogP) is -0.630. The second kappa shape index (κ2) is 5.07. The lowest BCUT2D eigenvalue weighted by Crippen LogP contribution is -2.38. The Hall–Kier alpha value is -0.940. The van der Waals surface area contributed by atoms with E-state index in [1.807, 2.05) is 6.92 Å². The van der Waals surface area contributed by atoms with E-state index in [4.69, 9.17) is 4.74 Å². The number of likely N-dealkylation sites (N-methyl/N-ethyl adjacent to an activating group) is 1. The summed E-state index contributed by atoms with van der Waals surface area (Å²) in [5.74, 6) is -0.258. The summed E-state index contributed by atoms with van der Waals surface area (Å²) in [5, 5.41) is 2.81. The zero-order valence-electron chi connectivity index (χ0n) is 8.58. The minimum absolute atomic E-state index is 0.117. The number of nitrogens with zero attached hydrogens (tertiary/aromatic N) is 1. The van der Waals surface area contributed by atoms with Crippen LogP contribution < -0.4 is 5.32 Å². The molecule has 0 aromatic rings. The number of nitrogens with one attached hydrogen (secondary N) is 1. The Labute approximate surface area is 83.4 Å². The van der Waals surface area contributed by atoms with Gasteiger partial charge in [-0.3, -0.25) is 14.5 Å². The van der Waals surface area contributed by atoms with E-state index in [9.17, 15) is 9.59 Å². The fourth-order valence-corrected chi connectivity index (χ4v) is 1.44. The van der Waals surface area contributed by atoms with Crippen molar-refractivity contribution in [1.82, 2.24) is 10.2 Å². The van der Waals surface area contributed by atoms with Crippen molar-refractivity contribution in [3.63, 3.8) is 0 Å². The number of hydrogen-bond acceptors (Lipinski definition) is 4. The van der Waals surface area contributed by atoms with Crippen LogP contribution in [0.15, 0.2) is 0 Å². The molecule has 1 unspecified atom stereocenters. The molecule has 1 saturated heterocycles. The van der Waals surface area contributed by atoms with Crippen molar-refractivity contribution in [3.8, 4) is 0 Å². The van der Waals surface area contributed by atoms with Gasteiger partial charge in [0.05, 0.1) is 25.6 Å². The Morgan fingerprint density at radius 1 is 1.57 bits per heavy atom. The molecule has 1 aliphatic heterocycles. The normalized spacial score (nSPS) is 22.1. The highest BCUT2D eigenvalue weighted by molar-refractivity contribution is 6.05. The Balaban J connectivity index is 2.44. The van der Waals surface area contributed by atoms with Crippen LogP contribution >= 0.6 is 0 Å². The van der Waals surface area contributed by atoms with E-state index in [0.717, 1.165) is 0 Å². The van der Waals surface area contributed by atoms with Crippen molar-refractivity contribution in [2.24, 2.45) is 0 Å². The smallest absolute Gasteiger partial charge is 0.246 e. The molecule has 1 fully saturated rings. The Morgan fingerprint density at radius 3 is 2.79 bits per heavy atom. The summed E-state index contributed by atoms with van der Waals surface area (Å²) >= 11 is 0. The molecule has 0 aromatic carbocycles. The molecule has 0 aliphatic carbocycles. The quantitative estimate of drug-likeness (QED) is 0.474. The van der Waals surface area contributed by atoms with Crippen molar-refractivity contribution < 1.29 is 14.3 Å². The van der Waals surface area contributed by atoms with Crippen molar-refractivity contribution >= 4 is 11.8 Å². The summed E-state index contributed by atoms with van der Waals surface area (Å²) in [6.07, 6.45) is 0.265. The third-order valence-electron chi connectivity index (χ3n) is 2.26. The standard InChI is InChI=1S/C9H16N2O3/c1-3-14-5-4-11-8(12)6-7(10-2)9(11)13/h7,10H,3-6H2,1-2H3. The van der Waals surface area contributed by atoms with Crippen molar-refractivity contribution in [1.29, 1.82) is 0 Å². The number of rotatable bonds is 5. The first-order chi connectivity index (χ1) is 6.70. The molecule has 1 N–H and O–H groups in total. The molecular formula is C9H16N2O3. The van der Waals surface area contributed by atoms with E-state index in [1.54, 1.807) is 7.05 Å². The summed E-state index contributed by atoms with van der Waals surface area (Å²) < 4.78 is 5.09. The minimum Gasteiger partial charge on any atom is -0.380 e. The number of hydrogen-bond donors (Lipinski definition) is 1. The van der Waals surface area contributed by atoms with Gasteiger partial charge in [-0.05, 0) is 14.0 Å². The number of imide groups is 1. The topological polar surface area (TPSA) is 58.6 Å². The third-order valence-corrected chi connectivity index (χ3v) is 2.26. The van der Waals surface area contributed by atoms with Gasteiger partial charge in [0.1, 0.15) is 0 Å². The van der Waals surface area contributed by atoms with Crippen LogP contribution in [0.4, 0.5) is 0 Å². The molecule has 14 heavy (non-hydrogen) atoms. The van der Waals surface area contributed by atoms with Gasteiger partial charge in [0.25, 0.3) is 0 Å². The highest BCUT2D eigenvalue weighted by atomic mass is 16.5. The van der Waals surface area contributed by atoms with Crippen LogP contribution in [0.1, 0.15) is 13.3 Å². The number of ether oxygens (including phenoxy) is 1. The lowest BCUT2D eigenvalue weighted by molar-refractivity contribution is -0.139. The predicted molar refractivity (Wildman–Crippen MR) is 50.7 cm³/mol. The molecule has 0 aromatic heterocycles. The first-order valence-corrected chi connectivity index (χ1v) is 4.80. The van der Waals surface area contributed by atoms with Gasteiger partial charge < -0.3 is 10.1 Å². The molecule has 1 aliphatic rings. The maximum Gasteiger partial charge on any atom is 0.246 e. The summed E-state index contributed by atoms with van der Waals surface area (Å²) in [5.41, 5.74) is 0. The maximum atomic E-state index is 11.5. The zero-order valence-corrected chi connectivity index (χ0v) is 8.58. The van der Waals surface area contributed by atoms with Crippen LogP contribution in [0, 0.1) is 0 Å². The average Bonchev–Trinajstić information content (AvgIpc) is 2.45. The molecule has 1 rings (SSSR count). The van der Waals surface area contributed by atoms with Crippen LogP contribution in [0.2, 0.25) is 0 Å². The lowest BCUT2D eigenvalue weighted by atomic mass is 10.2. The van der Waals surface area contributed by atoms with Crippen molar-refractivity contribution in [3.05, 3.63) is 0 Å². The second-order valence-electron chi connectivity index (χ2n) is 3.13. The first kappa shape index (κ1) is 11.1. The van der Waals surface area contributed by atoms with Gasteiger partial charge in [-0.2, -0.15) is 0 Å². The first-order valence-electron chi connectivity index (χ1n) is 4.80. The van der Waals surface area contributed by atoms with E-state index in [0.29, 0.717) is 19.8 Å². The number of carbonyl (C=O) groups is 2. The highest BCUT2D eigenvalue weighted by Crippen LogP contribution is 2.11. The number of carbonyl (C=O) groups excluding carboxylic acids is 2. The summed E-state index contributed by atoms with van der Waals surface area (Å²) in [6.45, 7) is 3.27. The molecular weight excluding hydrogens is 184 g/mol. The summed E-state index contributed by atoms with van der Waals surface area (Å²) in [7, 11) is 1.68. The van der Waals surface area contributed by atoms with Crippen molar-refractivity contribution in [2.45, 2.75) is 19.4 Å². The Bertz CT molecular complexity index is 230. The van der Waals surface area contributed by atoms with Crippen LogP contribution in [0.5, 0.6) is 0 Å². The van der Waals surface area contributed by atoms with E-state index in [1.165, 1.54) is 4.90 Å². The van der Waals surface area contributed by atoms with E-state index in [2.05, 4.69) is 5.32 Å². The van der Waals surface area contributed by atoms with Crippen LogP contribution in [0.25, 0.3) is 0 Å². The summed E-state index contributed by atoms with van der Waals surface area (Å²) in [4.78, 5) is 24.1. The van der Waals surface area contributed by atoms with Gasteiger partial charge in [-0.25, -0.2) is 0 Å². The SMILES string of the molecule is CCOCCN1C(=O)CC(NC)C1=O. The van der Waals surface area contributed by atoms with Gasteiger partial charge in [-0.1, -0.05) is 0 Å². The van der Waals surface area contributed by atoms with Gasteiger partial charge in [0.2, 0.25) is 11.8 Å². The van der Waals surface area contributed by atoms with Crippen LogP contribution in [0.3, 0.4) is 0 Å². The van der Waals surface area contributed by atoms with Gasteiger partial charge in [0.15, 0.2) is 0 Å². The zero-order chi connectivity index (χ0) is 10.6.